The van der Waals surface area contributed by atoms with E-state index in [1.165, 1.54) is 29.4 Å². The first-order chi connectivity index (χ1) is 7.70. The third kappa shape index (κ3) is 1.81. The lowest BCUT2D eigenvalue weighted by atomic mass is 10.3. The molecule has 80 valence electrons. The van der Waals surface area contributed by atoms with Crippen LogP contribution in [-0.4, -0.2) is 31.9 Å². The Morgan fingerprint density at radius 1 is 1.38 bits per heavy atom. The molecule has 0 saturated carbocycles. The molecule has 0 fully saturated rings. The highest BCUT2D eigenvalue weighted by Crippen LogP contribution is 2.06. The van der Waals surface area contributed by atoms with Crippen molar-refractivity contribution in [3.8, 4) is 5.82 Å². The molecule has 16 heavy (non-hydrogen) atoms. The zero-order valence-electron chi connectivity index (χ0n) is 8.07. The molecule has 0 spiro atoms. The van der Waals surface area contributed by atoms with Crippen LogP contribution >= 0.6 is 0 Å². The summed E-state index contributed by atoms with van der Waals surface area (Å²) >= 11 is 0. The standard InChI is InChI=1S/C10H7N3O3/c14-5-8-4-13(6-12-8)9-2-1-7(3-11-9)10(15)16/h1-6H,(H,15,16). The van der Waals surface area contributed by atoms with Gasteiger partial charge < -0.3 is 5.11 Å². The number of pyridine rings is 1. The van der Waals surface area contributed by atoms with Gasteiger partial charge in [-0.1, -0.05) is 0 Å². The summed E-state index contributed by atoms with van der Waals surface area (Å²) in [7, 11) is 0. The predicted octanol–water partition coefficient (Wildman–Crippen LogP) is 0.778. The van der Waals surface area contributed by atoms with Crippen LogP contribution in [-0.2, 0) is 0 Å². The number of aldehydes is 1. The van der Waals surface area contributed by atoms with E-state index in [0.29, 0.717) is 17.8 Å². The molecule has 0 saturated heterocycles. The zero-order chi connectivity index (χ0) is 11.5. The van der Waals surface area contributed by atoms with E-state index in [-0.39, 0.29) is 5.56 Å². The van der Waals surface area contributed by atoms with Crippen molar-refractivity contribution in [1.29, 1.82) is 0 Å². The first-order valence-electron chi connectivity index (χ1n) is 4.39. The van der Waals surface area contributed by atoms with E-state index in [9.17, 15) is 9.59 Å². The van der Waals surface area contributed by atoms with Crippen LogP contribution < -0.4 is 0 Å². The lowest BCUT2D eigenvalue weighted by Crippen LogP contribution is -2.00. The van der Waals surface area contributed by atoms with Crippen LogP contribution in [0.2, 0.25) is 0 Å². The quantitative estimate of drug-likeness (QED) is 0.768. The number of rotatable bonds is 3. The summed E-state index contributed by atoms with van der Waals surface area (Å²) < 4.78 is 1.54. The number of hydrogen-bond acceptors (Lipinski definition) is 4. The number of carboxylic acid groups (broad SMARTS) is 1. The van der Waals surface area contributed by atoms with Gasteiger partial charge in [0.25, 0.3) is 0 Å². The van der Waals surface area contributed by atoms with Gasteiger partial charge in [-0.05, 0) is 12.1 Å². The van der Waals surface area contributed by atoms with Gasteiger partial charge in [0.1, 0.15) is 17.8 Å². The van der Waals surface area contributed by atoms with Crippen molar-refractivity contribution >= 4 is 12.3 Å². The maximum absolute atomic E-state index is 10.6. The molecule has 2 rings (SSSR count). The van der Waals surface area contributed by atoms with Crippen LogP contribution in [0.4, 0.5) is 0 Å². The Balaban J connectivity index is 2.34. The predicted molar refractivity (Wildman–Crippen MR) is 53.7 cm³/mol. The molecule has 2 heterocycles. The molecule has 2 aromatic rings. The van der Waals surface area contributed by atoms with Crippen molar-refractivity contribution in [3.63, 3.8) is 0 Å². The highest BCUT2D eigenvalue weighted by Gasteiger charge is 2.04. The summed E-state index contributed by atoms with van der Waals surface area (Å²) in [4.78, 5) is 28.8. The number of carbonyl (C=O) groups is 2. The normalized spacial score (nSPS) is 10.0. The number of imidazole rings is 1. The molecule has 6 heteroatoms. The second-order valence-corrected chi connectivity index (χ2v) is 3.03. The minimum Gasteiger partial charge on any atom is -0.478 e. The van der Waals surface area contributed by atoms with Crippen molar-refractivity contribution in [2.24, 2.45) is 0 Å². The van der Waals surface area contributed by atoms with Gasteiger partial charge in [-0.3, -0.25) is 9.36 Å². The average molecular weight is 217 g/mol. The van der Waals surface area contributed by atoms with E-state index < -0.39 is 5.97 Å². The van der Waals surface area contributed by atoms with E-state index in [0.717, 1.165) is 0 Å². The molecule has 0 aliphatic heterocycles. The molecule has 0 radical (unpaired) electrons. The highest BCUT2D eigenvalue weighted by molar-refractivity contribution is 5.87. The Kier molecular flexibility index (Phi) is 2.47. The summed E-state index contributed by atoms with van der Waals surface area (Å²) in [5, 5.41) is 8.68. The third-order valence-corrected chi connectivity index (χ3v) is 1.98. The van der Waals surface area contributed by atoms with Gasteiger partial charge in [-0.25, -0.2) is 14.8 Å². The summed E-state index contributed by atoms with van der Waals surface area (Å²) in [6.07, 6.45) is 4.82. The number of nitrogens with zero attached hydrogens (tertiary/aromatic N) is 3. The average Bonchev–Trinajstić information content (AvgIpc) is 2.77. The smallest absolute Gasteiger partial charge is 0.337 e. The molecule has 6 nitrogen and oxygen atoms in total. The Hall–Kier alpha value is -2.50. The number of carbonyl (C=O) groups excluding carboxylic acids is 1. The molecule has 0 unspecified atom stereocenters. The lowest BCUT2D eigenvalue weighted by Gasteiger charge is -2.00. The van der Waals surface area contributed by atoms with Crippen LogP contribution in [0.15, 0.2) is 30.9 Å². The lowest BCUT2D eigenvalue weighted by molar-refractivity contribution is 0.0696. The molecule has 0 amide bonds. The van der Waals surface area contributed by atoms with Crippen LogP contribution in [0.1, 0.15) is 20.8 Å². The van der Waals surface area contributed by atoms with Gasteiger partial charge in [-0.2, -0.15) is 0 Å². The van der Waals surface area contributed by atoms with Crippen molar-refractivity contribution < 1.29 is 14.7 Å². The highest BCUT2D eigenvalue weighted by atomic mass is 16.4. The fourth-order valence-corrected chi connectivity index (χ4v) is 1.19. The van der Waals surface area contributed by atoms with Gasteiger partial charge in [0.15, 0.2) is 6.29 Å². The maximum Gasteiger partial charge on any atom is 0.337 e. The Morgan fingerprint density at radius 2 is 2.19 bits per heavy atom. The topological polar surface area (TPSA) is 85.1 Å². The SMILES string of the molecule is O=Cc1cn(-c2ccc(C(=O)O)cn2)cn1. The summed E-state index contributed by atoms with van der Waals surface area (Å²) in [5.41, 5.74) is 0.406. The monoisotopic (exact) mass is 217 g/mol. The second-order valence-electron chi connectivity index (χ2n) is 3.03. The van der Waals surface area contributed by atoms with E-state index in [2.05, 4.69) is 9.97 Å². The molecular formula is C10H7N3O3. The Morgan fingerprint density at radius 3 is 2.69 bits per heavy atom. The first-order valence-corrected chi connectivity index (χ1v) is 4.39. The van der Waals surface area contributed by atoms with Crippen molar-refractivity contribution in [3.05, 3.63) is 42.1 Å². The minimum absolute atomic E-state index is 0.111. The van der Waals surface area contributed by atoms with Crippen molar-refractivity contribution in [2.75, 3.05) is 0 Å². The van der Waals surface area contributed by atoms with E-state index in [1.54, 1.807) is 6.07 Å². The van der Waals surface area contributed by atoms with Crippen LogP contribution in [0.25, 0.3) is 5.82 Å². The van der Waals surface area contributed by atoms with Gasteiger partial charge in [-0.15, -0.1) is 0 Å². The Bertz CT molecular complexity index is 530. The number of carboxylic acids is 1. The minimum atomic E-state index is -1.03. The summed E-state index contributed by atoms with van der Waals surface area (Å²) in [5.74, 6) is -0.524. The fourth-order valence-electron chi connectivity index (χ4n) is 1.19. The zero-order valence-corrected chi connectivity index (χ0v) is 8.07. The van der Waals surface area contributed by atoms with Gasteiger partial charge in [0.2, 0.25) is 0 Å². The first kappa shape index (κ1) is 10.0. The van der Waals surface area contributed by atoms with Crippen molar-refractivity contribution in [1.82, 2.24) is 14.5 Å². The van der Waals surface area contributed by atoms with Gasteiger partial charge in [0.05, 0.1) is 5.56 Å². The molecule has 0 aliphatic carbocycles. The third-order valence-electron chi connectivity index (χ3n) is 1.98. The molecule has 0 atom stereocenters. The van der Waals surface area contributed by atoms with Gasteiger partial charge in [0, 0.05) is 12.4 Å². The summed E-state index contributed by atoms with van der Waals surface area (Å²) in [6, 6.07) is 2.98. The van der Waals surface area contributed by atoms with E-state index in [1.807, 2.05) is 0 Å². The van der Waals surface area contributed by atoms with Crippen molar-refractivity contribution in [2.45, 2.75) is 0 Å². The fraction of sp³-hybridized carbons (Fsp3) is 0. The maximum atomic E-state index is 10.6. The number of aromatic carboxylic acids is 1. The summed E-state index contributed by atoms with van der Waals surface area (Å²) in [6.45, 7) is 0. The largest absolute Gasteiger partial charge is 0.478 e. The molecule has 1 N–H and O–H groups in total. The van der Waals surface area contributed by atoms with Crippen LogP contribution in [0.5, 0.6) is 0 Å². The van der Waals surface area contributed by atoms with Crippen LogP contribution in [0, 0.1) is 0 Å². The number of aromatic nitrogens is 3. The second kappa shape index (κ2) is 3.93. The number of hydrogen-bond donors (Lipinski definition) is 1. The van der Waals surface area contributed by atoms with Gasteiger partial charge >= 0.3 is 5.97 Å². The Labute approximate surface area is 90.2 Å². The molecule has 0 bridgehead atoms. The molecule has 2 aromatic heterocycles. The molecule has 0 aromatic carbocycles. The molecular weight excluding hydrogens is 210 g/mol. The molecule has 0 aliphatic rings. The van der Waals surface area contributed by atoms with Crippen LogP contribution in [0.3, 0.4) is 0 Å². The van der Waals surface area contributed by atoms with E-state index >= 15 is 0 Å². The van der Waals surface area contributed by atoms with E-state index in [4.69, 9.17) is 5.11 Å².